The molecule has 3 rings (SSSR count). The summed E-state index contributed by atoms with van der Waals surface area (Å²) in [6.07, 6.45) is 9.15. The van der Waals surface area contributed by atoms with Crippen LogP contribution in [0.1, 0.15) is 49.3 Å². The minimum absolute atomic E-state index is 0.136. The van der Waals surface area contributed by atoms with Crippen LogP contribution in [-0.2, 0) is 0 Å². The molecule has 1 heterocycles. The molecule has 1 aromatic carbocycles. The van der Waals surface area contributed by atoms with Gasteiger partial charge < -0.3 is 0 Å². The number of hydrogen-bond donors (Lipinski definition) is 0. The van der Waals surface area contributed by atoms with Gasteiger partial charge in [0.2, 0.25) is 5.16 Å². The lowest BCUT2D eigenvalue weighted by Crippen LogP contribution is -2.28. The van der Waals surface area contributed by atoms with Crippen molar-refractivity contribution in [1.29, 1.82) is 0 Å². The highest BCUT2D eigenvalue weighted by Gasteiger charge is 2.22. The van der Waals surface area contributed by atoms with Gasteiger partial charge in [-0.15, -0.1) is 10.2 Å². The quantitative estimate of drug-likeness (QED) is 0.638. The highest BCUT2D eigenvalue weighted by molar-refractivity contribution is 7.98. The van der Waals surface area contributed by atoms with Crippen LogP contribution in [0.4, 0.5) is 0 Å². The molecule has 0 aliphatic heterocycles. The van der Waals surface area contributed by atoms with Crippen LogP contribution in [0.5, 0.6) is 0 Å². The number of benzene rings is 1. The molecular formula is C17H20N4OS. The van der Waals surface area contributed by atoms with Crippen molar-refractivity contribution in [1.82, 2.24) is 14.9 Å². The van der Waals surface area contributed by atoms with Crippen LogP contribution >= 0.6 is 11.8 Å². The molecule has 1 aliphatic rings. The highest BCUT2D eigenvalue weighted by Crippen LogP contribution is 2.29. The first kappa shape index (κ1) is 15.9. The Bertz CT molecular complexity index is 736. The van der Waals surface area contributed by atoms with E-state index in [1.807, 2.05) is 36.6 Å². The summed E-state index contributed by atoms with van der Waals surface area (Å²) in [5.74, 6) is 0.220. The summed E-state index contributed by atoms with van der Waals surface area (Å²) in [4.78, 5) is 12.8. The number of hydrogen-bond acceptors (Lipinski definition) is 5. The normalized spacial score (nSPS) is 16.0. The van der Waals surface area contributed by atoms with Crippen molar-refractivity contribution < 1.29 is 0 Å². The Kier molecular flexibility index (Phi) is 5.23. The molecule has 0 atom stereocenters. The lowest BCUT2D eigenvalue weighted by atomic mass is 9.87. The van der Waals surface area contributed by atoms with E-state index in [2.05, 4.69) is 15.3 Å². The minimum atomic E-state index is -0.136. The van der Waals surface area contributed by atoms with E-state index in [-0.39, 0.29) is 11.5 Å². The third-order valence-corrected chi connectivity index (χ3v) is 4.75. The van der Waals surface area contributed by atoms with Crippen molar-refractivity contribution in [2.24, 2.45) is 5.10 Å². The molecule has 0 bridgehead atoms. The number of thioether (sulfide) groups is 1. The van der Waals surface area contributed by atoms with E-state index in [9.17, 15) is 4.79 Å². The third-order valence-electron chi connectivity index (χ3n) is 4.13. The maximum absolute atomic E-state index is 12.8. The second-order valence-corrected chi connectivity index (χ2v) is 6.45. The van der Waals surface area contributed by atoms with Gasteiger partial charge in [0.1, 0.15) is 5.69 Å². The fourth-order valence-corrected chi connectivity index (χ4v) is 3.33. The Morgan fingerprint density at radius 3 is 2.61 bits per heavy atom. The van der Waals surface area contributed by atoms with Crippen molar-refractivity contribution in [2.75, 3.05) is 6.26 Å². The standard InChI is InChI=1S/C17H20N4OS/c1-23-17-20-19-15(14-10-6-3-7-11-14)16(22)21(17)18-12-13-8-4-2-5-9-13/h2,4-5,8-9,12,14H,3,6-7,10-11H2,1H3. The van der Waals surface area contributed by atoms with Gasteiger partial charge in [-0.3, -0.25) is 4.79 Å². The van der Waals surface area contributed by atoms with Gasteiger partial charge in [0.05, 0.1) is 6.21 Å². The fraction of sp³-hybridized carbons (Fsp3) is 0.412. The average Bonchev–Trinajstić information content (AvgIpc) is 2.62. The molecule has 5 nitrogen and oxygen atoms in total. The third kappa shape index (κ3) is 3.69. The van der Waals surface area contributed by atoms with E-state index < -0.39 is 0 Å². The summed E-state index contributed by atoms with van der Waals surface area (Å²) in [6, 6.07) is 9.73. The minimum Gasteiger partial charge on any atom is -0.265 e. The predicted octanol–water partition coefficient (Wildman–Crippen LogP) is 3.29. The van der Waals surface area contributed by atoms with Crippen molar-refractivity contribution >= 4 is 18.0 Å². The lowest BCUT2D eigenvalue weighted by molar-refractivity contribution is 0.422. The lowest BCUT2D eigenvalue weighted by Gasteiger charge is -2.20. The second-order valence-electron chi connectivity index (χ2n) is 5.68. The van der Waals surface area contributed by atoms with Gasteiger partial charge in [-0.1, -0.05) is 61.4 Å². The summed E-state index contributed by atoms with van der Waals surface area (Å²) in [5.41, 5.74) is 1.37. The van der Waals surface area contributed by atoms with Gasteiger partial charge >= 0.3 is 0 Å². The molecule has 0 unspecified atom stereocenters. The molecule has 0 amide bonds. The molecule has 6 heteroatoms. The Morgan fingerprint density at radius 1 is 1.17 bits per heavy atom. The molecule has 1 aromatic heterocycles. The first-order valence-corrected chi connectivity index (χ1v) is 9.15. The van der Waals surface area contributed by atoms with Crippen LogP contribution < -0.4 is 5.56 Å². The van der Waals surface area contributed by atoms with E-state index in [4.69, 9.17) is 0 Å². The molecule has 120 valence electrons. The molecule has 0 spiro atoms. The Labute approximate surface area is 139 Å². The molecule has 1 aliphatic carbocycles. The van der Waals surface area contributed by atoms with Crippen LogP contribution in [-0.4, -0.2) is 27.3 Å². The summed E-state index contributed by atoms with van der Waals surface area (Å²) in [7, 11) is 0. The van der Waals surface area contributed by atoms with Gasteiger partial charge in [0, 0.05) is 5.92 Å². The molecule has 0 N–H and O–H groups in total. The highest BCUT2D eigenvalue weighted by atomic mass is 32.2. The topological polar surface area (TPSA) is 60.1 Å². The van der Waals surface area contributed by atoms with Gasteiger partial charge in [-0.25, -0.2) is 0 Å². The molecule has 0 radical (unpaired) electrons. The van der Waals surface area contributed by atoms with Crippen molar-refractivity contribution in [3.63, 3.8) is 0 Å². The summed E-state index contributed by atoms with van der Waals surface area (Å²) >= 11 is 1.38. The maximum Gasteiger partial charge on any atom is 0.297 e. The number of rotatable bonds is 4. The smallest absolute Gasteiger partial charge is 0.265 e. The molecule has 0 saturated heterocycles. The van der Waals surface area contributed by atoms with Crippen LogP contribution in [0, 0.1) is 0 Å². The molecule has 2 aromatic rings. The zero-order valence-corrected chi connectivity index (χ0v) is 14.0. The summed E-state index contributed by atoms with van der Waals surface area (Å²) < 4.78 is 1.38. The zero-order chi connectivity index (χ0) is 16.1. The maximum atomic E-state index is 12.8. The van der Waals surface area contributed by atoms with E-state index in [0.29, 0.717) is 10.9 Å². The van der Waals surface area contributed by atoms with Crippen LogP contribution in [0.2, 0.25) is 0 Å². The fourth-order valence-electron chi connectivity index (χ4n) is 2.90. The molecule has 23 heavy (non-hydrogen) atoms. The molecule has 1 saturated carbocycles. The first-order chi connectivity index (χ1) is 11.3. The van der Waals surface area contributed by atoms with Crippen molar-refractivity contribution in [3.8, 4) is 0 Å². The molecular weight excluding hydrogens is 308 g/mol. The van der Waals surface area contributed by atoms with E-state index in [1.54, 1.807) is 6.21 Å². The summed E-state index contributed by atoms with van der Waals surface area (Å²) in [6.45, 7) is 0. The largest absolute Gasteiger partial charge is 0.297 e. The van der Waals surface area contributed by atoms with Crippen LogP contribution in [0.3, 0.4) is 0 Å². The Balaban J connectivity index is 1.97. The SMILES string of the molecule is CSc1nnc(C2CCCCC2)c(=O)n1N=Cc1ccccc1. The van der Waals surface area contributed by atoms with Crippen molar-refractivity contribution in [2.45, 2.75) is 43.2 Å². The Morgan fingerprint density at radius 2 is 1.91 bits per heavy atom. The second kappa shape index (κ2) is 7.55. The van der Waals surface area contributed by atoms with Gasteiger partial charge in [0.15, 0.2) is 0 Å². The zero-order valence-electron chi connectivity index (χ0n) is 13.2. The van der Waals surface area contributed by atoms with Gasteiger partial charge in [-0.2, -0.15) is 9.78 Å². The summed E-state index contributed by atoms with van der Waals surface area (Å²) in [5, 5.41) is 13.3. The van der Waals surface area contributed by atoms with Gasteiger partial charge in [-0.05, 0) is 24.7 Å². The van der Waals surface area contributed by atoms with Crippen LogP contribution in [0.25, 0.3) is 0 Å². The van der Waals surface area contributed by atoms with E-state index in [1.165, 1.54) is 22.9 Å². The monoisotopic (exact) mass is 328 g/mol. The Hall–Kier alpha value is -1.95. The first-order valence-electron chi connectivity index (χ1n) is 7.92. The average molecular weight is 328 g/mol. The van der Waals surface area contributed by atoms with Gasteiger partial charge in [0.25, 0.3) is 5.56 Å². The predicted molar refractivity (Wildman–Crippen MR) is 93.3 cm³/mol. The molecule has 1 fully saturated rings. The number of aromatic nitrogens is 3. The van der Waals surface area contributed by atoms with Crippen LogP contribution in [0.15, 0.2) is 45.4 Å². The number of nitrogens with zero attached hydrogens (tertiary/aromatic N) is 4. The van der Waals surface area contributed by atoms with E-state index in [0.717, 1.165) is 31.2 Å². The van der Waals surface area contributed by atoms with E-state index >= 15 is 0 Å². The van der Waals surface area contributed by atoms with Crippen molar-refractivity contribution in [3.05, 3.63) is 51.9 Å².